The van der Waals surface area contributed by atoms with Crippen molar-refractivity contribution in [3.8, 4) is 28.3 Å². The molecule has 0 saturated heterocycles. The summed E-state index contributed by atoms with van der Waals surface area (Å²) in [6.07, 6.45) is 5.66. The van der Waals surface area contributed by atoms with Gasteiger partial charge in [0.1, 0.15) is 24.0 Å². The number of carbonyl (C=O) groups excluding carboxylic acids is 1. The second kappa shape index (κ2) is 13.5. The molecule has 7 nitrogen and oxygen atoms in total. The van der Waals surface area contributed by atoms with Gasteiger partial charge in [-0.25, -0.2) is 14.2 Å². The van der Waals surface area contributed by atoms with Gasteiger partial charge in [0.2, 0.25) is 0 Å². The highest BCUT2D eigenvalue weighted by Crippen LogP contribution is 2.37. The summed E-state index contributed by atoms with van der Waals surface area (Å²) in [4.78, 5) is 30.8. The maximum Gasteiger partial charge on any atom is 0.335 e. The summed E-state index contributed by atoms with van der Waals surface area (Å²) in [6, 6.07) is 24.9. The molecule has 0 aliphatic heterocycles. The summed E-state index contributed by atoms with van der Waals surface area (Å²) in [6.45, 7) is 0.207. The Morgan fingerprint density at radius 2 is 1.56 bits per heavy atom. The quantitative estimate of drug-likeness (QED) is 0.187. The molecule has 5 aromatic rings. The van der Waals surface area contributed by atoms with Gasteiger partial charge in [-0.2, -0.15) is 0 Å². The topological polar surface area (TPSA) is 84.7 Å². The van der Waals surface area contributed by atoms with Gasteiger partial charge in [-0.1, -0.05) is 37.5 Å². The standard InChI is InChI=1S/C36H34FN3O4.ClH/c1-39(2)35(41)25-12-18-31(23-8-14-28(37)15-9-23)27(20-25)22-44-30-16-10-24(11-17-30)34-38-32-21-26(36(42)43)13-19-33(32)40(34)29-6-4-3-5-7-29;/h8-21,29H,3-7,22H2,1-2H3,(H,42,43);1H. The maximum absolute atomic E-state index is 13.6. The normalized spacial score (nSPS) is 13.3. The number of carboxylic acid groups (broad SMARTS) is 1. The number of ether oxygens (including phenoxy) is 1. The molecule has 1 amide bonds. The van der Waals surface area contributed by atoms with Crippen LogP contribution in [0.15, 0.2) is 84.9 Å². The molecule has 1 aliphatic rings. The molecule has 0 spiro atoms. The molecule has 0 atom stereocenters. The molecule has 1 N–H and O–H groups in total. The van der Waals surface area contributed by atoms with E-state index < -0.39 is 5.97 Å². The number of carbonyl (C=O) groups is 2. The van der Waals surface area contributed by atoms with E-state index in [4.69, 9.17) is 9.72 Å². The molecule has 1 aliphatic carbocycles. The lowest BCUT2D eigenvalue weighted by molar-refractivity contribution is 0.0696. The molecule has 1 heterocycles. The Balaban J connectivity index is 0.00000400. The first-order valence-electron chi connectivity index (χ1n) is 14.9. The Labute approximate surface area is 267 Å². The summed E-state index contributed by atoms with van der Waals surface area (Å²) in [5, 5.41) is 9.53. The largest absolute Gasteiger partial charge is 0.489 e. The molecular weight excluding hydrogens is 593 g/mol. The third-order valence-electron chi connectivity index (χ3n) is 8.30. The number of halogens is 2. The van der Waals surface area contributed by atoms with E-state index in [0.29, 0.717) is 22.9 Å². The number of imidazole rings is 1. The second-order valence-corrected chi connectivity index (χ2v) is 11.5. The summed E-state index contributed by atoms with van der Waals surface area (Å²) >= 11 is 0. The van der Waals surface area contributed by atoms with E-state index in [2.05, 4.69) is 4.57 Å². The van der Waals surface area contributed by atoms with Gasteiger partial charge >= 0.3 is 5.97 Å². The van der Waals surface area contributed by atoms with Crippen LogP contribution < -0.4 is 4.74 Å². The number of fused-ring (bicyclic) bond motifs is 1. The first-order valence-corrected chi connectivity index (χ1v) is 14.9. The lowest BCUT2D eigenvalue weighted by atomic mass is 9.95. The van der Waals surface area contributed by atoms with E-state index >= 15 is 0 Å². The maximum atomic E-state index is 13.6. The highest BCUT2D eigenvalue weighted by atomic mass is 35.5. The third kappa shape index (κ3) is 6.71. The zero-order chi connectivity index (χ0) is 30.8. The highest BCUT2D eigenvalue weighted by Gasteiger charge is 2.23. The van der Waals surface area contributed by atoms with E-state index in [0.717, 1.165) is 59.3 Å². The predicted molar refractivity (Wildman–Crippen MR) is 176 cm³/mol. The Bertz CT molecular complexity index is 1830. The first-order chi connectivity index (χ1) is 21.3. The van der Waals surface area contributed by atoms with Crippen molar-refractivity contribution in [2.75, 3.05) is 14.1 Å². The van der Waals surface area contributed by atoms with E-state index in [1.54, 1.807) is 44.4 Å². The molecular formula is C36H35ClFN3O4. The highest BCUT2D eigenvalue weighted by molar-refractivity contribution is 5.95. The monoisotopic (exact) mass is 627 g/mol. The van der Waals surface area contributed by atoms with Gasteiger partial charge < -0.3 is 19.3 Å². The number of amides is 1. The van der Waals surface area contributed by atoms with Crippen molar-refractivity contribution >= 4 is 35.3 Å². The van der Waals surface area contributed by atoms with Crippen LogP contribution >= 0.6 is 12.4 Å². The van der Waals surface area contributed by atoms with Crippen LogP contribution in [-0.2, 0) is 6.61 Å². The van der Waals surface area contributed by atoms with Crippen LogP contribution in [-0.4, -0.2) is 45.5 Å². The van der Waals surface area contributed by atoms with Gasteiger partial charge in [-0.15, -0.1) is 12.4 Å². The van der Waals surface area contributed by atoms with Gasteiger partial charge in [0.25, 0.3) is 5.91 Å². The molecule has 1 aromatic heterocycles. The zero-order valence-electron chi connectivity index (χ0n) is 25.2. The van der Waals surface area contributed by atoms with Crippen LogP contribution in [0.3, 0.4) is 0 Å². The molecule has 1 fully saturated rings. The van der Waals surface area contributed by atoms with Gasteiger partial charge in [0, 0.05) is 31.3 Å². The molecule has 45 heavy (non-hydrogen) atoms. The molecule has 9 heteroatoms. The number of benzene rings is 4. The van der Waals surface area contributed by atoms with Crippen molar-refractivity contribution in [1.29, 1.82) is 0 Å². The second-order valence-electron chi connectivity index (χ2n) is 11.5. The fourth-order valence-corrected chi connectivity index (χ4v) is 6.02. The predicted octanol–water partition coefficient (Wildman–Crippen LogP) is 8.42. The Morgan fingerprint density at radius 3 is 2.22 bits per heavy atom. The van der Waals surface area contributed by atoms with Crippen LogP contribution in [0, 0.1) is 5.82 Å². The van der Waals surface area contributed by atoms with Crippen LogP contribution in [0.1, 0.15) is 64.4 Å². The van der Waals surface area contributed by atoms with Crippen LogP contribution in [0.25, 0.3) is 33.5 Å². The van der Waals surface area contributed by atoms with Crippen LogP contribution in [0.4, 0.5) is 4.39 Å². The number of aromatic carboxylic acids is 1. The number of hydrogen-bond acceptors (Lipinski definition) is 4. The molecule has 6 rings (SSSR count). The summed E-state index contributed by atoms with van der Waals surface area (Å²) in [7, 11) is 3.42. The average molecular weight is 628 g/mol. The zero-order valence-corrected chi connectivity index (χ0v) is 26.0. The van der Waals surface area contributed by atoms with Crippen molar-refractivity contribution in [3.63, 3.8) is 0 Å². The molecule has 1 saturated carbocycles. The summed E-state index contributed by atoms with van der Waals surface area (Å²) < 4.78 is 22.1. The number of rotatable bonds is 8. The minimum atomic E-state index is -0.971. The SMILES string of the molecule is CN(C)C(=O)c1ccc(-c2ccc(F)cc2)c(COc2ccc(-c3nc4cc(C(=O)O)ccc4n3C3CCCCC3)cc2)c1.Cl. The van der Waals surface area contributed by atoms with E-state index in [1.165, 1.54) is 23.5 Å². The Kier molecular flexibility index (Phi) is 9.54. The van der Waals surface area contributed by atoms with Crippen molar-refractivity contribution in [3.05, 3.63) is 107 Å². The van der Waals surface area contributed by atoms with Gasteiger partial charge in [0.15, 0.2) is 0 Å². The molecule has 0 bridgehead atoms. The van der Waals surface area contributed by atoms with Crippen molar-refractivity contribution in [2.45, 2.75) is 44.8 Å². The van der Waals surface area contributed by atoms with Crippen molar-refractivity contribution in [1.82, 2.24) is 14.5 Å². The molecule has 0 unspecified atom stereocenters. The van der Waals surface area contributed by atoms with Crippen LogP contribution in [0.5, 0.6) is 5.75 Å². The third-order valence-corrected chi connectivity index (χ3v) is 8.30. The minimum absolute atomic E-state index is 0. The fraction of sp³-hybridized carbons (Fsp3) is 0.250. The summed E-state index contributed by atoms with van der Waals surface area (Å²) in [5.41, 5.74) is 5.79. The van der Waals surface area contributed by atoms with Crippen molar-refractivity contribution < 1.29 is 23.8 Å². The number of nitrogens with zero attached hydrogens (tertiary/aromatic N) is 3. The van der Waals surface area contributed by atoms with E-state index in [9.17, 15) is 19.1 Å². The summed E-state index contributed by atoms with van der Waals surface area (Å²) in [5.74, 6) is 0.0652. The number of carboxylic acids is 1. The van der Waals surface area contributed by atoms with Gasteiger partial charge in [-0.3, -0.25) is 4.79 Å². The number of hydrogen-bond donors (Lipinski definition) is 1. The Hall–Kier alpha value is -4.69. The fourth-order valence-electron chi connectivity index (χ4n) is 6.02. The molecule has 232 valence electrons. The lowest BCUT2D eigenvalue weighted by Gasteiger charge is -2.25. The van der Waals surface area contributed by atoms with E-state index in [-0.39, 0.29) is 36.3 Å². The number of aromatic nitrogens is 2. The van der Waals surface area contributed by atoms with Crippen molar-refractivity contribution in [2.24, 2.45) is 0 Å². The Morgan fingerprint density at radius 1 is 0.889 bits per heavy atom. The van der Waals surface area contributed by atoms with Gasteiger partial charge in [-0.05, 0) is 96.3 Å². The van der Waals surface area contributed by atoms with Gasteiger partial charge in [0.05, 0.1) is 16.6 Å². The first kappa shape index (κ1) is 31.7. The molecule has 0 radical (unpaired) electrons. The van der Waals surface area contributed by atoms with E-state index in [1.807, 2.05) is 42.5 Å². The lowest BCUT2D eigenvalue weighted by Crippen LogP contribution is -2.21. The average Bonchev–Trinajstić information content (AvgIpc) is 3.43. The molecule has 4 aromatic carbocycles. The smallest absolute Gasteiger partial charge is 0.335 e. The minimum Gasteiger partial charge on any atom is -0.489 e. The van der Waals surface area contributed by atoms with Crippen LogP contribution in [0.2, 0.25) is 0 Å².